The van der Waals surface area contributed by atoms with E-state index >= 15 is 0 Å². The van der Waals surface area contributed by atoms with Crippen LogP contribution in [0.1, 0.15) is 34.6 Å². The summed E-state index contributed by atoms with van der Waals surface area (Å²) in [5, 5.41) is 36.7. The van der Waals surface area contributed by atoms with Crippen LogP contribution in [0, 0.1) is 0 Å². The Morgan fingerprint density at radius 1 is 0.580 bits per heavy atom. The molecule has 1 aliphatic heterocycles. The van der Waals surface area contributed by atoms with Gasteiger partial charge in [-0.3, -0.25) is 0 Å². The Balaban J connectivity index is 0.000000353. The standard InChI is InChI=1S/C24H34O6.C12H10O2.C3H6O.BO/c1-17(25)13-27-19(3)15-29-23-9-5-21(6-10-23)22-7-11-24(12-8-22)30-16-20(4)28-14-18(2)26;13-11-5-1-9(2-6-11)10-3-7-12(14)8-4-10;1-3-2-4-3;1-2/h5-12,17-20,25-26H,13-16H2,1-4H3;1-8,13-14H;3H,2H2,1H3;. The molecule has 1 saturated heterocycles. The van der Waals surface area contributed by atoms with Gasteiger partial charge in [0.25, 0.3) is 0 Å². The van der Waals surface area contributed by atoms with Crippen LogP contribution in [0.2, 0.25) is 0 Å². The summed E-state index contributed by atoms with van der Waals surface area (Å²) >= 11 is 0. The minimum atomic E-state index is -0.477. The molecule has 0 aliphatic carbocycles. The van der Waals surface area contributed by atoms with E-state index in [0.717, 1.165) is 40.4 Å². The van der Waals surface area contributed by atoms with Crippen molar-refractivity contribution >= 4 is 7.72 Å². The third-order valence-electron chi connectivity index (χ3n) is 6.82. The molecule has 1 heterocycles. The van der Waals surface area contributed by atoms with E-state index in [-0.39, 0.29) is 23.7 Å². The second-order valence-electron chi connectivity index (χ2n) is 11.9. The maximum atomic E-state index is 9.25. The number of aliphatic hydroxyl groups is 2. The molecular weight excluding hydrogens is 639 g/mol. The molecule has 1 radical (unpaired) electrons. The summed E-state index contributed by atoms with van der Waals surface area (Å²) < 4.78 is 34.9. The van der Waals surface area contributed by atoms with Crippen molar-refractivity contribution in [2.24, 2.45) is 0 Å². The van der Waals surface area contributed by atoms with Gasteiger partial charge >= 0.3 is 12.4 Å². The molecular formula is C39H50BO10. The van der Waals surface area contributed by atoms with Gasteiger partial charge in [-0.05, 0) is 105 Å². The van der Waals surface area contributed by atoms with Crippen LogP contribution in [0.4, 0.5) is 0 Å². The van der Waals surface area contributed by atoms with Crippen molar-refractivity contribution in [3.63, 3.8) is 0 Å². The maximum absolute atomic E-state index is 9.25. The van der Waals surface area contributed by atoms with Gasteiger partial charge in [-0.2, -0.15) is 0 Å². The van der Waals surface area contributed by atoms with Gasteiger partial charge in [0.05, 0.1) is 50.3 Å². The van der Waals surface area contributed by atoms with E-state index in [0.29, 0.717) is 32.5 Å². The van der Waals surface area contributed by atoms with E-state index in [9.17, 15) is 10.2 Å². The monoisotopic (exact) mass is 689 g/mol. The molecule has 5 rings (SSSR count). The fourth-order valence-corrected chi connectivity index (χ4v) is 4.02. The zero-order valence-electron chi connectivity index (χ0n) is 29.5. The molecule has 50 heavy (non-hydrogen) atoms. The second kappa shape index (κ2) is 23.2. The molecule has 5 atom stereocenters. The average Bonchev–Trinajstić information content (AvgIpc) is 3.92. The molecule has 269 valence electrons. The van der Waals surface area contributed by atoms with Gasteiger partial charge in [0.2, 0.25) is 0 Å². The number of epoxide rings is 1. The van der Waals surface area contributed by atoms with E-state index in [2.05, 4.69) is 14.6 Å². The van der Waals surface area contributed by atoms with E-state index in [1.807, 2.05) is 86.6 Å². The first kappa shape index (κ1) is 41.9. The second-order valence-corrected chi connectivity index (χ2v) is 11.9. The summed E-state index contributed by atoms with van der Waals surface area (Å²) in [7, 11) is 3.25. The van der Waals surface area contributed by atoms with Crippen molar-refractivity contribution in [2.75, 3.05) is 33.0 Å². The third-order valence-corrected chi connectivity index (χ3v) is 6.82. The number of hydrogen-bond acceptors (Lipinski definition) is 10. The molecule has 0 bridgehead atoms. The van der Waals surface area contributed by atoms with Crippen LogP contribution in [-0.4, -0.2) is 91.7 Å². The van der Waals surface area contributed by atoms with Crippen LogP contribution in [-0.2, 0) is 18.9 Å². The van der Waals surface area contributed by atoms with E-state index in [1.54, 1.807) is 38.1 Å². The Labute approximate surface area is 296 Å². The van der Waals surface area contributed by atoms with Crippen molar-refractivity contribution in [3.05, 3.63) is 97.1 Å². The zero-order chi connectivity index (χ0) is 36.9. The molecule has 0 aromatic heterocycles. The number of aromatic hydroxyl groups is 2. The number of ether oxygens (including phenoxy) is 5. The molecule has 0 spiro atoms. The van der Waals surface area contributed by atoms with Gasteiger partial charge in [-0.15, -0.1) is 0 Å². The zero-order valence-corrected chi connectivity index (χ0v) is 29.5. The molecule has 11 heteroatoms. The number of phenolic OH excluding ortho intramolecular Hbond substituents is 2. The van der Waals surface area contributed by atoms with E-state index < -0.39 is 12.2 Å². The van der Waals surface area contributed by atoms with Crippen LogP contribution in [0.3, 0.4) is 0 Å². The first-order chi connectivity index (χ1) is 24.0. The molecule has 10 nitrogen and oxygen atoms in total. The number of rotatable bonds is 14. The molecule has 1 aliphatic rings. The fourth-order valence-electron chi connectivity index (χ4n) is 4.02. The number of phenols is 2. The van der Waals surface area contributed by atoms with Gasteiger partial charge in [-0.1, -0.05) is 48.5 Å². The summed E-state index contributed by atoms with van der Waals surface area (Å²) in [6.07, 6.45) is -0.551. The summed E-state index contributed by atoms with van der Waals surface area (Å²) in [6.45, 7) is 11.7. The summed E-state index contributed by atoms with van der Waals surface area (Å²) in [4.78, 5) is 0. The Kier molecular flexibility index (Phi) is 19.5. The Hall–Kier alpha value is -4.26. The molecule has 1 fully saturated rings. The van der Waals surface area contributed by atoms with Gasteiger partial charge in [-0.25, -0.2) is 0 Å². The molecule has 5 unspecified atom stereocenters. The first-order valence-electron chi connectivity index (χ1n) is 16.5. The van der Waals surface area contributed by atoms with Crippen LogP contribution in [0.15, 0.2) is 97.1 Å². The SMILES string of the molecule is CC(O)COC(C)COc1ccc(-c2ccc(OCC(C)OCC(C)O)cc2)cc1.CC1CO1.Oc1ccc(-c2ccc(O)cc2)cc1.[B]=O. The van der Waals surface area contributed by atoms with Crippen molar-refractivity contribution in [2.45, 2.75) is 65.1 Å². The van der Waals surface area contributed by atoms with Crippen LogP contribution >= 0.6 is 0 Å². The molecule has 4 aromatic carbocycles. The van der Waals surface area contributed by atoms with E-state index in [4.69, 9.17) is 38.6 Å². The van der Waals surface area contributed by atoms with Crippen molar-refractivity contribution < 1.29 is 48.8 Å². The summed E-state index contributed by atoms with van der Waals surface area (Å²) in [5.41, 5.74) is 4.20. The average molecular weight is 690 g/mol. The third kappa shape index (κ3) is 17.9. The van der Waals surface area contributed by atoms with Gasteiger partial charge in [0.1, 0.15) is 36.2 Å². The molecule has 0 saturated carbocycles. The van der Waals surface area contributed by atoms with Gasteiger partial charge in [0.15, 0.2) is 0 Å². The predicted molar refractivity (Wildman–Crippen MR) is 194 cm³/mol. The van der Waals surface area contributed by atoms with Crippen molar-refractivity contribution in [1.29, 1.82) is 0 Å². The minimum absolute atomic E-state index is 0.0908. The normalized spacial score (nSPS) is 15.2. The Morgan fingerprint density at radius 2 is 0.840 bits per heavy atom. The number of benzene rings is 4. The summed E-state index contributed by atoms with van der Waals surface area (Å²) in [6, 6.07) is 29.7. The quantitative estimate of drug-likeness (QED) is 0.0872. The number of aliphatic hydroxyl groups excluding tert-OH is 2. The van der Waals surface area contributed by atoms with Crippen LogP contribution < -0.4 is 9.47 Å². The molecule has 0 amide bonds. The van der Waals surface area contributed by atoms with E-state index in [1.165, 1.54) is 0 Å². The van der Waals surface area contributed by atoms with Crippen LogP contribution in [0.5, 0.6) is 23.0 Å². The Morgan fingerprint density at radius 3 is 1.08 bits per heavy atom. The van der Waals surface area contributed by atoms with Gasteiger partial charge < -0.3 is 44.1 Å². The molecule has 4 aromatic rings. The van der Waals surface area contributed by atoms with Gasteiger partial charge in [0, 0.05) is 0 Å². The number of hydrogen-bond donors (Lipinski definition) is 4. The van der Waals surface area contributed by atoms with Crippen molar-refractivity contribution in [1.82, 2.24) is 0 Å². The summed E-state index contributed by atoms with van der Waals surface area (Å²) in [5.74, 6) is 2.06. The Bertz CT molecular complexity index is 1340. The fraction of sp³-hybridized carbons (Fsp3) is 0.385. The topological polar surface area (TPSA) is 147 Å². The molecule has 4 N–H and O–H groups in total. The van der Waals surface area contributed by atoms with Crippen LogP contribution in [0.25, 0.3) is 22.3 Å². The predicted octanol–water partition coefficient (Wildman–Crippen LogP) is 6.35. The first-order valence-corrected chi connectivity index (χ1v) is 16.5. The van der Waals surface area contributed by atoms with Crippen molar-refractivity contribution in [3.8, 4) is 45.3 Å².